The van der Waals surface area contributed by atoms with Crippen LogP contribution in [0, 0.1) is 0 Å². The van der Waals surface area contributed by atoms with E-state index >= 15 is 0 Å². The predicted molar refractivity (Wildman–Crippen MR) is 71.8 cm³/mol. The molecular formula is C15H23NO. The van der Waals surface area contributed by atoms with Gasteiger partial charge in [0.15, 0.2) is 0 Å². The molecule has 0 radical (unpaired) electrons. The number of fused-ring (bicyclic) bond motifs is 1. The van der Waals surface area contributed by atoms with Crippen LogP contribution < -0.4 is 10.1 Å². The van der Waals surface area contributed by atoms with Crippen molar-refractivity contribution in [2.24, 2.45) is 0 Å². The molecule has 1 N–H and O–H groups in total. The Kier molecular flexibility index (Phi) is 4.06. The van der Waals surface area contributed by atoms with Crippen LogP contribution in [-0.4, -0.2) is 19.7 Å². The van der Waals surface area contributed by atoms with Crippen LogP contribution in [0.1, 0.15) is 43.7 Å². The summed E-state index contributed by atoms with van der Waals surface area (Å²) in [7, 11) is 1.77. The standard InChI is InChI=1S/C15H23NO/c1-4-10-16-14-9-8-13-12(11(14)2)6-5-7-15(13)17-3/h5-7,11,14,16H,4,8-10H2,1-3H3. The van der Waals surface area contributed by atoms with Gasteiger partial charge in [-0.25, -0.2) is 0 Å². The molecule has 2 unspecified atom stereocenters. The first-order chi connectivity index (χ1) is 8.27. The number of rotatable bonds is 4. The summed E-state index contributed by atoms with van der Waals surface area (Å²) in [5.41, 5.74) is 2.88. The van der Waals surface area contributed by atoms with E-state index in [1.54, 1.807) is 7.11 Å². The van der Waals surface area contributed by atoms with Gasteiger partial charge in [0.1, 0.15) is 5.75 Å². The summed E-state index contributed by atoms with van der Waals surface area (Å²) in [6, 6.07) is 7.05. The fourth-order valence-electron chi connectivity index (χ4n) is 2.84. The molecule has 0 amide bonds. The molecule has 1 aliphatic rings. The summed E-state index contributed by atoms with van der Waals surface area (Å²) in [5, 5.41) is 3.66. The molecule has 0 aliphatic heterocycles. The van der Waals surface area contributed by atoms with Crippen molar-refractivity contribution in [1.29, 1.82) is 0 Å². The van der Waals surface area contributed by atoms with Gasteiger partial charge in [0.2, 0.25) is 0 Å². The molecule has 0 heterocycles. The Bertz CT molecular complexity index is 375. The van der Waals surface area contributed by atoms with Crippen LogP contribution in [0.4, 0.5) is 0 Å². The maximum absolute atomic E-state index is 5.46. The van der Waals surface area contributed by atoms with Crippen LogP contribution >= 0.6 is 0 Å². The van der Waals surface area contributed by atoms with E-state index in [1.165, 1.54) is 24.0 Å². The first-order valence-electron chi connectivity index (χ1n) is 6.67. The molecule has 94 valence electrons. The molecule has 0 aromatic heterocycles. The molecule has 0 spiro atoms. The Morgan fingerprint density at radius 1 is 1.41 bits per heavy atom. The topological polar surface area (TPSA) is 21.3 Å². The van der Waals surface area contributed by atoms with Gasteiger partial charge < -0.3 is 10.1 Å². The van der Waals surface area contributed by atoms with E-state index in [9.17, 15) is 0 Å². The van der Waals surface area contributed by atoms with Crippen molar-refractivity contribution in [2.45, 2.75) is 45.1 Å². The minimum Gasteiger partial charge on any atom is -0.496 e. The molecule has 2 nitrogen and oxygen atoms in total. The fraction of sp³-hybridized carbons (Fsp3) is 0.600. The van der Waals surface area contributed by atoms with Gasteiger partial charge in [0, 0.05) is 6.04 Å². The second kappa shape index (κ2) is 5.54. The van der Waals surface area contributed by atoms with Gasteiger partial charge in [-0.15, -0.1) is 0 Å². The normalized spacial score (nSPS) is 23.2. The molecule has 0 saturated carbocycles. The van der Waals surface area contributed by atoms with Crippen LogP contribution in [0.3, 0.4) is 0 Å². The molecule has 0 fully saturated rings. The average Bonchev–Trinajstić information content (AvgIpc) is 2.37. The lowest BCUT2D eigenvalue weighted by Crippen LogP contribution is -2.37. The second-order valence-electron chi connectivity index (χ2n) is 4.92. The molecular weight excluding hydrogens is 210 g/mol. The van der Waals surface area contributed by atoms with Crippen LogP contribution in [0.5, 0.6) is 5.75 Å². The minimum absolute atomic E-state index is 0.584. The van der Waals surface area contributed by atoms with Crippen molar-refractivity contribution in [3.8, 4) is 5.75 Å². The van der Waals surface area contributed by atoms with E-state index in [2.05, 4.69) is 37.4 Å². The molecule has 0 bridgehead atoms. The number of methoxy groups -OCH3 is 1. The highest BCUT2D eigenvalue weighted by Crippen LogP contribution is 2.36. The van der Waals surface area contributed by atoms with E-state index in [1.807, 2.05) is 0 Å². The lowest BCUT2D eigenvalue weighted by atomic mass is 9.80. The van der Waals surface area contributed by atoms with E-state index in [-0.39, 0.29) is 0 Å². The molecule has 1 aromatic carbocycles. The molecule has 0 saturated heterocycles. The number of benzene rings is 1. The largest absolute Gasteiger partial charge is 0.496 e. The van der Waals surface area contributed by atoms with Crippen LogP contribution in [0.15, 0.2) is 18.2 Å². The summed E-state index contributed by atoms with van der Waals surface area (Å²) in [5.74, 6) is 1.64. The van der Waals surface area contributed by atoms with E-state index < -0.39 is 0 Å². The van der Waals surface area contributed by atoms with Crippen LogP contribution in [-0.2, 0) is 6.42 Å². The number of ether oxygens (including phenoxy) is 1. The Morgan fingerprint density at radius 2 is 2.24 bits per heavy atom. The number of hydrogen-bond donors (Lipinski definition) is 1. The van der Waals surface area contributed by atoms with Gasteiger partial charge in [-0.2, -0.15) is 0 Å². The quantitative estimate of drug-likeness (QED) is 0.862. The van der Waals surface area contributed by atoms with E-state index in [4.69, 9.17) is 4.74 Å². The van der Waals surface area contributed by atoms with E-state index in [0.29, 0.717) is 12.0 Å². The second-order valence-corrected chi connectivity index (χ2v) is 4.92. The Hall–Kier alpha value is -1.02. The zero-order valence-electron chi connectivity index (χ0n) is 11.1. The first-order valence-corrected chi connectivity index (χ1v) is 6.67. The minimum atomic E-state index is 0.584. The smallest absolute Gasteiger partial charge is 0.122 e. The van der Waals surface area contributed by atoms with Crippen molar-refractivity contribution < 1.29 is 4.74 Å². The van der Waals surface area contributed by atoms with Crippen molar-refractivity contribution in [1.82, 2.24) is 5.32 Å². The van der Waals surface area contributed by atoms with Crippen molar-refractivity contribution in [2.75, 3.05) is 13.7 Å². The summed E-state index contributed by atoms with van der Waals surface area (Å²) in [6.07, 6.45) is 3.55. The third-order valence-corrected chi connectivity index (χ3v) is 3.85. The third-order valence-electron chi connectivity index (χ3n) is 3.85. The molecule has 2 rings (SSSR count). The van der Waals surface area contributed by atoms with Crippen molar-refractivity contribution in [3.63, 3.8) is 0 Å². The Morgan fingerprint density at radius 3 is 2.94 bits per heavy atom. The maximum atomic E-state index is 5.46. The molecule has 17 heavy (non-hydrogen) atoms. The zero-order valence-corrected chi connectivity index (χ0v) is 11.1. The summed E-state index contributed by atoms with van der Waals surface area (Å²) < 4.78 is 5.46. The monoisotopic (exact) mass is 233 g/mol. The average molecular weight is 233 g/mol. The van der Waals surface area contributed by atoms with Gasteiger partial charge in [0.25, 0.3) is 0 Å². The Balaban J connectivity index is 2.20. The Labute approximate surface area is 104 Å². The van der Waals surface area contributed by atoms with E-state index in [0.717, 1.165) is 18.7 Å². The SMILES string of the molecule is CCCNC1CCc2c(OC)cccc2C1C. The highest BCUT2D eigenvalue weighted by Gasteiger charge is 2.27. The van der Waals surface area contributed by atoms with Gasteiger partial charge in [-0.3, -0.25) is 0 Å². The number of hydrogen-bond acceptors (Lipinski definition) is 2. The summed E-state index contributed by atoms with van der Waals surface area (Å²) in [4.78, 5) is 0. The first kappa shape index (κ1) is 12.4. The van der Waals surface area contributed by atoms with Gasteiger partial charge in [0.05, 0.1) is 7.11 Å². The maximum Gasteiger partial charge on any atom is 0.122 e. The zero-order chi connectivity index (χ0) is 12.3. The highest BCUT2D eigenvalue weighted by molar-refractivity contribution is 5.44. The summed E-state index contributed by atoms with van der Waals surface area (Å²) >= 11 is 0. The fourth-order valence-corrected chi connectivity index (χ4v) is 2.84. The van der Waals surface area contributed by atoms with Crippen molar-refractivity contribution in [3.05, 3.63) is 29.3 Å². The van der Waals surface area contributed by atoms with Gasteiger partial charge >= 0.3 is 0 Å². The molecule has 2 atom stereocenters. The molecule has 1 aromatic rings. The third kappa shape index (κ3) is 2.47. The lowest BCUT2D eigenvalue weighted by Gasteiger charge is -2.32. The summed E-state index contributed by atoms with van der Waals surface area (Å²) in [6.45, 7) is 5.66. The predicted octanol–water partition coefficient (Wildman–Crippen LogP) is 3.11. The lowest BCUT2D eigenvalue weighted by molar-refractivity contribution is 0.378. The molecule has 2 heteroatoms. The van der Waals surface area contributed by atoms with Crippen molar-refractivity contribution >= 4 is 0 Å². The highest BCUT2D eigenvalue weighted by atomic mass is 16.5. The van der Waals surface area contributed by atoms with Crippen LogP contribution in [0.25, 0.3) is 0 Å². The van der Waals surface area contributed by atoms with Gasteiger partial charge in [-0.1, -0.05) is 26.0 Å². The van der Waals surface area contributed by atoms with Gasteiger partial charge in [-0.05, 0) is 48.9 Å². The molecule has 1 aliphatic carbocycles. The van der Waals surface area contributed by atoms with Crippen LogP contribution in [0.2, 0.25) is 0 Å². The number of nitrogens with one attached hydrogen (secondary N) is 1.